The van der Waals surface area contributed by atoms with Crippen molar-refractivity contribution in [3.63, 3.8) is 0 Å². The average Bonchev–Trinajstić information content (AvgIpc) is 3.49. The molecule has 33 heavy (non-hydrogen) atoms. The van der Waals surface area contributed by atoms with E-state index in [2.05, 4.69) is 5.32 Å². The lowest BCUT2D eigenvalue weighted by molar-refractivity contribution is -0.125. The van der Waals surface area contributed by atoms with Gasteiger partial charge in [-0.3, -0.25) is 14.4 Å². The van der Waals surface area contributed by atoms with Gasteiger partial charge in [-0.25, -0.2) is 0 Å². The summed E-state index contributed by atoms with van der Waals surface area (Å²) in [7, 11) is 0. The number of anilines is 3. The molecule has 2 aliphatic rings. The van der Waals surface area contributed by atoms with E-state index in [-0.39, 0.29) is 30.7 Å². The Morgan fingerprint density at radius 1 is 1.12 bits per heavy atom. The van der Waals surface area contributed by atoms with Crippen LogP contribution >= 0.6 is 0 Å². The summed E-state index contributed by atoms with van der Waals surface area (Å²) < 4.78 is 10.7. The lowest BCUT2D eigenvalue weighted by atomic mass is 10.1. The maximum absolute atomic E-state index is 12.7. The van der Waals surface area contributed by atoms with Gasteiger partial charge in [-0.1, -0.05) is 12.1 Å². The van der Waals surface area contributed by atoms with Crippen LogP contribution in [-0.4, -0.2) is 36.9 Å². The number of carbonyl (C=O) groups is 3. The first-order valence-corrected chi connectivity index (χ1v) is 10.8. The van der Waals surface area contributed by atoms with E-state index in [1.807, 2.05) is 36.4 Å². The first-order chi connectivity index (χ1) is 16.0. The summed E-state index contributed by atoms with van der Waals surface area (Å²) in [5.41, 5.74) is 3.68. The second-order valence-electron chi connectivity index (χ2n) is 8.08. The molecule has 0 radical (unpaired) electrons. The van der Waals surface area contributed by atoms with E-state index in [9.17, 15) is 14.4 Å². The minimum absolute atomic E-state index is 0.107. The van der Waals surface area contributed by atoms with Crippen molar-refractivity contribution in [1.82, 2.24) is 0 Å². The molecule has 0 bridgehead atoms. The number of fused-ring (bicyclic) bond motifs is 2. The van der Waals surface area contributed by atoms with Crippen LogP contribution in [0.25, 0.3) is 0 Å². The summed E-state index contributed by atoms with van der Waals surface area (Å²) in [6, 6.07) is 14.5. The third-order valence-electron chi connectivity index (χ3n) is 5.91. The van der Waals surface area contributed by atoms with Gasteiger partial charge < -0.3 is 24.3 Å². The first-order valence-electron chi connectivity index (χ1n) is 10.8. The van der Waals surface area contributed by atoms with Crippen molar-refractivity contribution in [1.29, 1.82) is 0 Å². The van der Waals surface area contributed by atoms with Crippen LogP contribution in [0.1, 0.15) is 29.3 Å². The molecule has 0 saturated heterocycles. The summed E-state index contributed by atoms with van der Waals surface area (Å²) in [5, 5.41) is 2.91. The fraction of sp³-hybridized carbons (Fsp3) is 0.240. The monoisotopic (exact) mass is 445 g/mol. The van der Waals surface area contributed by atoms with Crippen molar-refractivity contribution in [2.75, 3.05) is 28.2 Å². The van der Waals surface area contributed by atoms with E-state index >= 15 is 0 Å². The van der Waals surface area contributed by atoms with Crippen LogP contribution in [0.15, 0.2) is 65.5 Å². The van der Waals surface area contributed by atoms with Gasteiger partial charge in [0.25, 0.3) is 11.8 Å². The van der Waals surface area contributed by atoms with Gasteiger partial charge in [-0.2, -0.15) is 0 Å². The zero-order valence-electron chi connectivity index (χ0n) is 18.1. The number of hydrogen-bond donors (Lipinski definition) is 1. The lowest BCUT2D eigenvalue weighted by Crippen LogP contribution is -2.45. The van der Waals surface area contributed by atoms with Crippen molar-refractivity contribution >= 4 is 34.8 Å². The van der Waals surface area contributed by atoms with Crippen molar-refractivity contribution in [2.45, 2.75) is 25.9 Å². The number of hydrogen-bond acceptors (Lipinski definition) is 5. The average molecular weight is 445 g/mol. The van der Waals surface area contributed by atoms with E-state index in [1.54, 1.807) is 28.9 Å². The van der Waals surface area contributed by atoms with Gasteiger partial charge in [0.15, 0.2) is 6.10 Å². The zero-order valence-corrected chi connectivity index (χ0v) is 18.1. The SMILES string of the molecule is CC1Oc2ccccc2N(CCC(=O)Nc2ccc3c(c2)CCN3C(=O)c2ccoc2)C1=O. The van der Waals surface area contributed by atoms with Crippen LogP contribution < -0.4 is 19.9 Å². The predicted molar refractivity (Wildman–Crippen MR) is 123 cm³/mol. The fourth-order valence-corrected chi connectivity index (χ4v) is 4.26. The smallest absolute Gasteiger partial charge is 0.267 e. The van der Waals surface area contributed by atoms with E-state index in [0.717, 1.165) is 11.3 Å². The highest BCUT2D eigenvalue weighted by Crippen LogP contribution is 2.34. The number of benzene rings is 2. The number of furan rings is 1. The van der Waals surface area contributed by atoms with Crippen LogP contribution in [0.5, 0.6) is 5.75 Å². The minimum atomic E-state index is -0.590. The van der Waals surface area contributed by atoms with Crippen molar-refractivity contribution < 1.29 is 23.5 Å². The molecule has 8 nitrogen and oxygen atoms in total. The molecular formula is C25H23N3O5. The number of carbonyl (C=O) groups excluding carboxylic acids is 3. The van der Waals surface area contributed by atoms with E-state index in [0.29, 0.717) is 35.7 Å². The van der Waals surface area contributed by atoms with Crippen LogP contribution in [0.3, 0.4) is 0 Å². The highest BCUT2D eigenvalue weighted by molar-refractivity contribution is 6.07. The van der Waals surface area contributed by atoms with Gasteiger partial charge in [0.05, 0.1) is 17.5 Å². The molecule has 3 amide bonds. The van der Waals surface area contributed by atoms with Crippen LogP contribution in [0, 0.1) is 0 Å². The largest absolute Gasteiger partial charge is 0.479 e. The Morgan fingerprint density at radius 3 is 2.79 bits per heavy atom. The number of rotatable bonds is 5. The quantitative estimate of drug-likeness (QED) is 0.648. The van der Waals surface area contributed by atoms with E-state index in [4.69, 9.17) is 9.15 Å². The van der Waals surface area contributed by atoms with Crippen molar-refractivity contribution in [3.05, 3.63) is 72.2 Å². The van der Waals surface area contributed by atoms with Crippen molar-refractivity contribution in [2.24, 2.45) is 0 Å². The van der Waals surface area contributed by atoms with Gasteiger partial charge in [0.1, 0.15) is 12.0 Å². The molecule has 0 saturated carbocycles. The molecule has 0 spiro atoms. The molecule has 1 atom stereocenters. The third-order valence-corrected chi connectivity index (χ3v) is 5.91. The Hall–Kier alpha value is -4.07. The first kappa shape index (κ1) is 20.8. The highest BCUT2D eigenvalue weighted by Gasteiger charge is 2.31. The normalized spacial score (nSPS) is 16.8. The molecule has 1 aromatic heterocycles. The molecule has 0 aliphatic carbocycles. The van der Waals surface area contributed by atoms with Gasteiger partial charge in [0.2, 0.25) is 5.91 Å². The zero-order chi connectivity index (χ0) is 22.9. The highest BCUT2D eigenvalue weighted by atomic mass is 16.5. The van der Waals surface area contributed by atoms with Gasteiger partial charge in [-0.15, -0.1) is 0 Å². The number of ether oxygens (including phenoxy) is 1. The third kappa shape index (κ3) is 3.95. The molecule has 168 valence electrons. The lowest BCUT2D eigenvalue weighted by Gasteiger charge is -2.32. The van der Waals surface area contributed by atoms with Crippen molar-refractivity contribution in [3.8, 4) is 5.75 Å². The molecule has 0 fully saturated rings. The van der Waals surface area contributed by atoms with Gasteiger partial charge >= 0.3 is 0 Å². The fourth-order valence-electron chi connectivity index (χ4n) is 4.26. The Bertz CT molecular complexity index is 1220. The predicted octanol–water partition coefficient (Wildman–Crippen LogP) is 3.63. The van der Waals surface area contributed by atoms with Crippen LogP contribution in [0.4, 0.5) is 17.1 Å². The molecule has 5 rings (SSSR count). The Labute approximate surface area is 190 Å². The summed E-state index contributed by atoms with van der Waals surface area (Å²) in [6.07, 6.45) is 3.18. The maximum atomic E-state index is 12.7. The Morgan fingerprint density at radius 2 is 1.97 bits per heavy atom. The molecule has 3 heterocycles. The summed E-state index contributed by atoms with van der Waals surface area (Å²) in [6.45, 7) is 2.54. The van der Waals surface area contributed by atoms with Crippen LogP contribution in [0.2, 0.25) is 0 Å². The van der Waals surface area contributed by atoms with Crippen LogP contribution in [-0.2, 0) is 16.0 Å². The maximum Gasteiger partial charge on any atom is 0.267 e. The molecule has 2 aromatic carbocycles. The number of para-hydroxylation sites is 2. The topological polar surface area (TPSA) is 92.1 Å². The number of nitrogens with zero attached hydrogens (tertiary/aromatic N) is 2. The molecule has 1 unspecified atom stereocenters. The standard InChI is InChI=1S/C25H23N3O5/c1-16-24(30)28(21-4-2-3-5-22(21)33-16)12-9-23(29)26-19-6-7-20-17(14-19)8-11-27(20)25(31)18-10-13-32-15-18/h2-7,10,13-16H,8-9,11-12H2,1H3,(H,26,29). The summed E-state index contributed by atoms with van der Waals surface area (Å²) in [4.78, 5) is 41.2. The number of amides is 3. The Balaban J connectivity index is 1.23. The second-order valence-corrected chi connectivity index (χ2v) is 8.08. The minimum Gasteiger partial charge on any atom is -0.479 e. The van der Waals surface area contributed by atoms with E-state index in [1.165, 1.54) is 12.5 Å². The Kier molecular flexibility index (Phi) is 5.34. The van der Waals surface area contributed by atoms with E-state index < -0.39 is 6.10 Å². The molecule has 3 aromatic rings. The molecule has 1 N–H and O–H groups in total. The summed E-state index contributed by atoms with van der Waals surface area (Å²) >= 11 is 0. The molecular weight excluding hydrogens is 422 g/mol. The van der Waals surface area contributed by atoms with Gasteiger partial charge in [0, 0.05) is 30.9 Å². The number of nitrogens with one attached hydrogen (secondary N) is 1. The molecule has 8 heteroatoms. The second kappa shape index (κ2) is 8.46. The summed E-state index contributed by atoms with van der Waals surface area (Å²) in [5.74, 6) is 0.173. The van der Waals surface area contributed by atoms with Gasteiger partial charge in [-0.05, 0) is 55.3 Å². The molecule has 2 aliphatic heterocycles.